The summed E-state index contributed by atoms with van der Waals surface area (Å²) in [5.41, 5.74) is 1.12. The highest BCUT2D eigenvalue weighted by molar-refractivity contribution is 5.23. The lowest BCUT2D eigenvalue weighted by atomic mass is 9.76. The van der Waals surface area contributed by atoms with Gasteiger partial charge in [0.25, 0.3) is 0 Å². The molecule has 1 aromatic carbocycles. The quantitative estimate of drug-likeness (QED) is 0.604. The van der Waals surface area contributed by atoms with E-state index in [0.717, 1.165) is 31.4 Å². The molecule has 1 saturated carbocycles. The fraction of sp³-hybridized carbons (Fsp3) is 0.429. The van der Waals surface area contributed by atoms with E-state index in [-0.39, 0.29) is 5.82 Å². The Balaban J connectivity index is 1.78. The smallest absolute Gasteiger partial charge is 0.123 e. The van der Waals surface area contributed by atoms with Crippen molar-refractivity contribution in [2.45, 2.75) is 31.2 Å². The first-order valence-corrected chi connectivity index (χ1v) is 5.72. The molecule has 0 radical (unpaired) electrons. The van der Waals surface area contributed by atoms with E-state index in [1.165, 1.54) is 6.07 Å². The summed E-state index contributed by atoms with van der Waals surface area (Å²) in [6.45, 7) is 0.886. The highest BCUT2D eigenvalue weighted by atomic mass is 19.1. The Morgan fingerprint density at radius 3 is 2.94 bits per heavy atom. The minimum absolute atomic E-state index is 0.138. The summed E-state index contributed by atoms with van der Waals surface area (Å²) >= 11 is 0. The van der Waals surface area contributed by atoms with E-state index in [0.29, 0.717) is 12.0 Å². The first kappa shape index (κ1) is 11.2. The molecule has 0 spiro atoms. The van der Waals surface area contributed by atoms with Crippen molar-refractivity contribution in [3.63, 3.8) is 0 Å². The maximum absolute atomic E-state index is 13.0. The van der Waals surface area contributed by atoms with Crippen molar-refractivity contribution in [1.29, 1.82) is 0 Å². The molecule has 0 aliphatic heterocycles. The third kappa shape index (κ3) is 2.62. The average molecular weight is 217 g/mol. The lowest BCUT2D eigenvalue weighted by Crippen LogP contribution is -2.40. The lowest BCUT2D eigenvalue weighted by molar-refractivity contribution is 0.293. The Bertz CT molecular complexity index is 388. The molecule has 16 heavy (non-hydrogen) atoms. The van der Waals surface area contributed by atoms with E-state index >= 15 is 0 Å². The third-order valence-corrected chi connectivity index (χ3v) is 3.16. The van der Waals surface area contributed by atoms with Gasteiger partial charge in [-0.3, -0.25) is 0 Å². The van der Waals surface area contributed by atoms with E-state index < -0.39 is 0 Å². The molecule has 84 valence electrons. The van der Waals surface area contributed by atoms with Crippen LogP contribution in [0.15, 0.2) is 24.3 Å². The zero-order chi connectivity index (χ0) is 11.4. The van der Waals surface area contributed by atoms with Gasteiger partial charge in [0.1, 0.15) is 5.82 Å². The number of rotatable bonds is 4. The first-order chi connectivity index (χ1) is 7.79. The van der Waals surface area contributed by atoms with Gasteiger partial charge in [-0.1, -0.05) is 12.1 Å². The molecule has 1 aromatic rings. The van der Waals surface area contributed by atoms with Crippen LogP contribution in [0.4, 0.5) is 4.39 Å². The predicted octanol–water partition coefficient (Wildman–Crippen LogP) is 2.68. The monoisotopic (exact) mass is 217 g/mol. The number of hydrogen-bond donors (Lipinski definition) is 1. The van der Waals surface area contributed by atoms with Gasteiger partial charge < -0.3 is 5.32 Å². The lowest BCUT2D eigenvalue weighted by Gasteiger charge is -2.36. The largest absolute Gasteiger partial charge is 0.313 e. The molecule has 0 atom stereocenters. The molecule has 0 amide bonds. The minimum atomic E-state index is -0.138. The molecule has 1 aliphatic rings. The van der Waals surface area contributed by atoms with Crippen molar-refractivity contribution >= 4 is 0 Å². The van der Waals surface area contributed by atoms with Crippen LogP contribution in [-0.4, -0.2) is 12.6 Å². The molecule has 1 fully saturated rings. The maximum atomic E-state index is 13.0. The van der Waals surface area contributed by atoms with E-state index in [4.69, 9.17) is 6.42 Å². The number of terminal acetylenes is 1. The zero-order valence-corrected chi connectivity index (χ0v) is 9.25. The normalized spacial score (nSPS) is 23.5. The fourth-order valence-electron chi connectivity index (χ4n) is 2.17. The summed E-state index contributed by atoms with van der Waals surface area (Å²) in [7, 11) is 0. The van der Waals surface area contributed by atoms with Crippen LogP contribution in [0, 0.1) is 18.2 Å². The van der Waals surface area contributed by atoms with Gasteiger partial charge >= 0.3 is 0 Å². The van der Waals surface area contributed by atoms with Crippen molar-refractivity contribution < 1.29 is 4.39 Å². The van der Waals surface area contributed by atoms with Crippen LogP contribution in [0.2, 0.25) is 0 Å². The number of hydrogen-bond acceptors (Lipinski definition) is 1. The van der Waals surface area contributed by atoms with Gasteiger partial charge in [0.05, 0.1) is 0 Å². The van der Waals surface area contributed by atoms with Crippen molar-refractivity contribution in [2.24, 2.45) is 0 Å². The van der Waals surface area contributed by atoms with Gasteiger partial charge in [-0.25, -0.2) is 4.39 Å². The van der Waals surface area contributed by atoms with Crippen molar-refractivity contribution in [2.75, 3.05) is 6.54 Å². The molecule has 1 nitrogen and oxygen atoms in total. The van der Waals surface area contributed by atoms with Gasteiger partial charge in [-0.15, -0.1) is 12.3 Å². The molecular weight excluding hydrogens is 201 g/mol. The second-order valence-electron chi connectivity index (χ2n) is 4.33. The summed E-state index contributed by atoms with van der Waals surface area (Å²) in [4.78, 5) is 0. The molecule has 0 heterocycles. The van der Waals surface area contributed by atoms with Crippen molar-refractivity contribution in [3.8, 4) is 12.3 Å². The molecule has 1 N–H and O–H groups in total. The Morgan fingerprint density at radius 2 is 2.25 bits per heavy atom. The van der Waals surface area contributed by atoms with Crippen LogP contribution in [0.5, 0.6) is 0 Å². The van der Waals surface area contributed by atoms with Gasteiger partial charge in [0.2, 0.25) is 0 Å². The molecule has 0 unspecified atom stereocenters. The summed E-state index contributed by atoms with van der Waals surface area (Å²) in [5, 5.41) is 3.40. The van der Waals surface area contributed by atoms with E-state index in [1.807, 2.05) is 6.07 Å². The second-order valence-corrected chi connectivity index (χ2v) is 4.33. The summed E-state index contributed by atoms with van der Waals surface area (Å²) < 4.78 is 13.0. The van der Waals surface area contributed by atoms with Gasteiger partial charge in [-0.05, 0) is 36.5 Å². The molecule has 0 bridgehead atoms. The van der Waals surface area contributed by atoms with E-state index in [9.17, 15) is 4.39 Å². The topological polar surface area (TPSA) is 12.0 Å². The highest BCUT2D eigenvalue weighted by Gasteiger charge is 2.29. The van der Waals surface area contributed by atoms with Crippen LogP contribution in [-0.2, 0) is 0 Å². The minimum Gasteiger partial charge on any atom is -0.313 e. The van der Waals surface area contributed by atoms with Gasteiger partial charge in [0, 0.05) is 19.0 Å². The van der Waals surface area contributed by atoms with E-state index in [1.54, 1.807) is 12.1 Å². The number of nitrogens with one attached hydrogen (secondary N) is 1. The standard InChI is InChI=1S/C14H16FN/c1-2-3-7-16-14-9-12(10-14)11-5-4-6-13(15)8-11/h1,4-6,8,12,14,16H,3,7,9-10H2. The van der Waals surface area contributed by atoms with Crippen LogP contribution in [0.1, 0.15) is 30.7 Å². The Morgan fingerprint density at radius 1 is 1.44 bits per heavy atom. The number of halogens is 1. The Kier molecular flexibility index (Phi) is 3.58. The van der Waals surface area contributed by atoms with Crippen LogP contribution < -0.4 is 5.32 Å². The average Bonchev–Trinajstić information content (AvgIpc) is 2.21. The van der Waals surface area contributed by atoms with E-state index in [2.05, 4.69) is 11.2 Å². The van der Waals surface area contributed by atoms with Crippen molar-refractivity contribution in [3.05, 3.63) is 35.6 Å². The Labute approximate surface area is 96.1 Å². The summed E-state index contributed by atoms with van der Waals surface area (Å²) in [6, 6.07) is 7.48. The zero-order valence-electron chi connectivity index (χ0n) is 9.25. The molecular formula is C14H16FN. The first-order valence-electron chi connectivity index (χ1n) is 5.72. The fourth-order valence-corrected chi connectivity index (χ4v) is 2.17. The summed E-state index contributed by atoms with van der Waals surface area (Å²) in [6.07, 6.45) is 8.14. The highest BCUT2D eigenvalue weighted by Crippen LogP contribution is 2.36. The molecule has 2 rings (SSSR count). The van der Waals surface area contributed by atoms with Crippen molar-refractivity contribution in [1.82, 2.24) is 5.32 Å². The van der Waals surface area contributed by atoms with Crippen LogP contribution in [0.3, 0.4) is 0 Å². The third-order valence-electron chi connectivity index (χ3n) is 3.16. The Hall–Kier alpha value is -1.33. The molecule has 0 aromatic heterocycles. The van der Waals surface area contributed by atoms with Gasteiger partial charge in [-0.2, -0.15) is 0 Å². The predicted molar refractivity (Wildman–Crippen MR) is 63.6 cm³/mol. The van der Waals surface area contributed by atoms with Crippen LogP contribution in [0.25, 0.3) is 0 Å². The summed E-state index contributed by atoms with van der Waals surface area (Å²) in [5.74, 6) is 2.98. The SMILES string of the molecule is C#CCCNC1CC(c2cccc(F)c2)C1. The number of benzene rings is 1. The molecule has 1 aliphatic carbocycles. The maximum Gasteiger partial charge on any atom is 0.123 e. The molecule has 0 saturated heterocycles. The molecule has 2 heteroatoms. The second kappa shape index (κ2) is 5.14. The van der Waals surface area contributed by atoms with Gasteiger partial charge in [0.15, 0.2) is 0 Å². The van der Waals surface area contributed by atoms with Crippen LogP contribution >= 0.6 is 0 Å².